The number of nitrogens with zero attached hydrogens (tertiary/aromatic N) is 3. The SMILES string of the molecule is CC.Cc1nn(Cc2ccc(F)cc2F)c2ncccc12. The molecule has 0 aliphatic carbocycles. The van der Waals surface area contributed by atoms with E-state index >= 15 is 0 Å². The molecule has 3 nitrogen and oxygen atoms in total. The predicted octanol–water partition coefficient (Wildman–Crippen LogP) is 4.09. The van der Waals surface area contributed by atoms with Gasteiger partial charge in [-0.25, -0.2) is 18.4 Å². The van der Waals surface area contributed by atoms with E-state index in [1.807, 2.05) is 32.9 Å². The molecule has 0 unspecified atom stereocenters. The zero-order valence-electron chi connectivity index (χ0n) is 12.3. The highest BCUT2D eigenvalue weighted by atomic mass is 19.1. The lowest BCUT2D eigenvalue weighted by atomic mass is 10.2. The Kier molecular flexibility index (Phi) is 4.62. The number of aromatic nitrogens is 3. The highest BCUT2D eigenvalue weighted by Gasteiger charge is 2.10. The van der Waals surface area contributed by atoms with Crippen LogP contribution < -0.4 is 0 Å². The molecule has 0 saturated heterocycles. The molecule has 0 aliphatic rings. The van der Waals surface area contributed by atoms with Gasteiger partial charge < -0.3 is 0 Å². The van der Waals surface area contributed by atoms with Crippen LogP contribution in [0.4, 0.5) is 8.78 Å². The van der Waals surface area contributed by atoms with Crippen molar-refractivity contribution in [3.8, 4) is 0 Å². The molecule has 3 aromatic rings. The van der Waals surface area contributed by atoms with Crippen molar-refractivity contribution in [3.05, 3.63) is 59.4 Å². The molecule has 2 heterocycles. The first-order chi connectivity index (χ1) is 10.1. The summed E-state index contributed by atoms with van der Waals surface area (Å²) in [5, 5.41) is 5.28. The summed E-state index contributed by atoms with van der Waals surface area (Å²) in [4.78, 5) is 4.25. The van der Waals surface area contributed by atoms with Crippen LogP contribution in [-0.4, -0.2) is 14.8 Å². The van der Waals surface area contributed by atoms with Crippen molar-refractivity contribution in [2.75, 3.05) is 0 Å². The summed E-state index contributed by atoms with van der Waals surface area (Å²) < 4.78 is 28.1. The quantitative estimate of drug-likeness (QED) is 0.711. The lowest BCUT2D eigenvalue weighted by molar-refractivity contribution is 0.560. The van der Waals surface area contributed by atoms with E-state index in [-0.39, 0.29) is 6.54 Å². The average molecular weight is 289 g/mol. The second-order valence-electron chi connectivity index (χ2n) is 4.35. The second kappa shape index (κ2) is 6.43. The van der Waals surface area contributed by atoms with Crippen molar-refractivity contribution < 1.29 is 8.78 Å². The minimum absolute atomic E-state index is 0.230. The number of hydrogen-bond donors (Lipinski definition) is 0. The van der Waals surface area contributed by atoms with Gasteiger partial charge in [0.2, 0.25) is 0 Å². The van der Waals surface area contributed by atoms with Gasteiger partial charge in [-0.3, -0.25) is 0 Å². The van der Waals surface area contributed by atoms with Gasteiger partial charge in [-0.2, -0.15) is 5.10 Å². The van der Waals surface area contributed by atoms with Gasteiger partial charge in [0.1, 0.15) is 11.6 Å². The largest absolute Gasteiger partial charge is 0.242 e. The number of fused-ring (bicyclic) bond motifs is 1. The highest BCUT2D eigenvalue weighted by molar-refractivity contribution is 5.77. The summed E-state index contributed by atoms with van der Waals surface area (Å²) in [6, 6.07) is 7.30. The Bertz CT molecular complexity index is 750. The number of hydrogen-bond acceptors (Lipinski definition) is 2. The van der Waals surface area contributed by atoms with Crippen molar-refractivity contribution in [1.82, 2.24) is 14.8 Å². The normalized spacial score (nSPS) is 10.3. The van der Waals surface area contributed by atoms with Gasteiger partial charge in [-0.05, 0) is 25.1 Å². The molecule has 3 rings (SSSR count). The van der Waals surface area contributed by atoms with Gasteiger partial charge in [0.25, 0.3) is 0 Å². The van der Waals surface area contributed by atoms with E-state index in [4.69, 9.17) is 0 Å². The molecule has 5 heteroatoms. The second-order valence-corrected chi connectivity index (χ2v) is 4.35. The molecule has 21 heavy (non-hydrogen) atoms. The maximum atomic E-state index is 13.6. The van der Waals surface area contributed by atoms with E-state index in [2.05, 4.69) is 10.1 Å². The highest BCUT2D eigenvalue weighted by Crippen LogP contribution is 2.18. The van der Waals surface area contributed by atoms with E-state index in [0.29, 0.717) is 11.2 Å². The fourth-order valence-corrected chi connectivity index (χ4v) is 2.09. The van der Waals surface area contributed by atoms with Crippen LogP contribution in [0.5, 0.6) is 0 Å². The molecule has 0 bridgehead atoms. The molecule has 0 atom stereocenters. The molecular weight excluding hydrogens is 272 g/mol. The van der Waals surface area contributed by atoms with Gasteiger partial charge in [-0.15, -0.1) is 0 Å². The first-order valence-corrected chi connectivity index (χ1v) is 6.87. The van der Waals surface area contributed by atoms with Gasteiger partial charge >= 0.3 is 0 Å². The smallest absolute Gasteiger partial charge is 0.158 e. The van der Waals surface area contributed by atoms with Crippen molar-refractivity contribution in [3.63, 3.8) is 0 Å². The standard InChI is InChI=1S/C14H11F2N3.C2H6/c1-9-12-3-2-6-17-14(12)19(18-9)8-10-4-5-11(15)7-13(10)16;1-2/h2-7H,8H2,1H3;1-2H3. The summed E-state index contributed by atoms with van der Waals surface area (Å²) in [7, 11) is 0. The Morgan fingerprint density at radius 3 is 2.62 bits per heavy atom. The number of halogens is 2. The van der Waals surface area contributed by atoms with Gasteiger partial charge in [0.15, 0.2) is 5.65 Å². The van der Waals surface area contributed by atoms with E-state index < -0.39 is 11.6 Å². The fraction of sp³-hybridized carbons (Fsp3) is 0.250. The monoisotopic (exact) mass is 289 g/mol. The zero-order valence-corrected chi connectivity index (χ0v) is 12.3. The average Bonchev–Trinajstić information content (AvgIpc) is 2.81. The van der Waals surface area contributed by atoms with Gasteiger partial charge in [0, 0.05) is 23.2 Å². The Labute approximate surface area is 122 Å². The number of aryl methyl sites for hydroxylation is 1. The van der Waals surface area contributed by atoms with Crippen LogP contribution >= 0.6 is 0 Å². The third-order valence-electron chi connectivity index (χ3n) is 3.03. The molecule has 0 aliphatic heterocycles. The summed E-state index contributed by atoms with van der Waals surface area (Å²) in [5.41, 5.74) is 1.92. The molecule has 2 aromatic heterocycles. The minimum Gasteiger partial charge on any atom is -0.242 e. The van der Waals surface area contributed by atoms with Crippen molar-refractivity contribution in [1.29, 1.82) is 0 Å². The van der Waals surface area contributed by atoms with Crippen LogP contribution in [0.3, 0.4) is 0 Å². The zero-order chi connectivity index (χ0) is 15.4. The molecule has 0 amide bonds. The first kappa shape index (κ1) is 15.1. The van der Waals surface area contributed by atoms with Crippen LogP contribution in [0, 0.1) is 18.6 Å². The van der Waals surface area contributed by atoms with Crippen LogP contribution in [0.2, 0.25) is 0 Å². The van der Waals surface area contributed by atoms with Gasteiger partial charge in [0.05, 0.1) is 12.2 Å². The first-order valence-electron chi connectivity index (χ1n) is 6.87. The van der Waals surface area contributed by atoms with Crippen LogP contribution in [0.25, 0.3) is 11.0 Å². The fourth-order valence-electron chi connectivity index (χ4n) is 2.09. The van der Waals surface area contributed by atoms with Crippen LogP contribution in [-0.2, 0) is 6.54 Å². The molecule has 1 aromatic carbocycles. The molecule has 0 radical (unpaired) electrons. The summed E-state index contributed by atoms with van der Waals surface area (Å²) in [6.07, 6.45) is 1.67. The maximum absolute atomic E-state index is 13.6. The van der Waals surface area contributed by atoms with Crippen molar-refractivity contribution >= 4 is 11.0 Å². The lowest BCUT2D eigenvalue weighted by Crippen LogP contribution is -2.05. The Hall–Kier alpha value is -2.30. The van der Waals surface area contributed by atoms with E-state index in [1.54, 1.807) is 10.9 Å². The van der Waals surface area contributed by atoms with Crippen LogP contribution in [0.1, 0.15) is 25.1 Å². The molecule has 110 valence electrons. The summed E-state index contributed by atoms with van der Waals surface area (Å²) in [6.45, 7) is 6.11. The van der Waals surface area contributed by atoms with Crippen LogP contribution in [0.15, 0.2) is 36.5 Å². The minimum atomic E-state index is -0.583. The van der Waals surface area contributed by atoms with Crippen molar-refractivity contribution in [2.45, 2.75) is 27.3 Å². The van der Waals surface area contributed by atoms with E-state index in [0.717, 1.165) is 17.1 Å². The molecule has 0 fully saturated rings. The van der Waals surface area contributed by atoms with Gasteiger partial charge in [-0.1, -0.05) is 19.9 Å². The molecule has 0 N–H and O–H groups in total. The number of rotatable bonds is 2. The number of pyridine rings is 1. The number of benzene rings is 1. The summed E-state index contributed by atoms with van der Waals surface area (Å²) >= 11 is 0. The lowest BCUT2D eigenvalue weighted by Gasteiger charge is -2.04. The maximum Gasteiger partial charge on any atom is 0.158 e. The molecule has 0 saturated carbocycles. The molecule has 0 spiro atoms. The Balaban J connectivity index is 0.000000774. The van der Waals surface area contributed by atoms with E-state index in [9.17, 15) is 8.78 Å². The predicted molar refractivity (Wildman–Crippen MR) is 79.1 cm³/mol. The van der Waals surface area contributed by atoms with E-state index in [1.165, 1.54) is 12.1 Å². The summed E-state index contributed by atoms with van der Waals surface area (Å²) in [5.74, 6) is -1.15. The third kappa shape index (κ3) is 3.07. The van der Waals surface area contributed by atoms with Crippen molar-refractivity contribution in [2.24, 2.45) is 0 Å². The Morgan fingerprint density at radius 1 is 1.14 bits per heavy atom. The topological polar surface area (TPSA) is 30.7 Å². The molecular formula is C16H17F2N3. The Morgan fingerprint density at radius 2 is 1.90 bits per heavy atom. The third-order valence-corrected chi connectivity index (χ3v) is 3.03.